The first kappa shape index (κ1) is 14.4. The number of anilines is 3. The molecule has 1 heterocycles. The van der Waals surface area contributed by atoms with Gasteiger partial charge in [-0.1, -0.05) is 77.8 Å². The summed E-state index contributed by atoms with van der Waals surface area (Å²) in [5, 5.41) is 1.39. The summed E-state index contributed by atoms with van der Waals surface area (Å²) in [5.41, 5.74) is 5.11. The molecule has 1 aliphatic rings. The van der Waals surface area contributed by atoms with Crippen molar-refractivity contribution in [2.24, 2.45) is 0 Å². The van der Waals surface area contributed by atoms with E-state index in [9.17, 15) is 0 Å². The maximum atomic E-state index is 6.56. The van der Waals surface area contributed by atoms with Gasteiger partial charge >= 0.3 is 0 Å². The van der Waals surface area contributed by atoms with Crippen LogP contribution in [0.3, 0.4) is 0 Å². The molecule has 0 aliphatic carbocycles. The van der Waals surface area contributed by atoms with Crippen molar-refractivity contribution in [3.8, 4) is 0 Å². The minimum absolute atomic E-state index is 0.690. The number of fused-ring (bicyclic) bond motifs is 2. The zero-order valence-corrected chi connectivity index (χ0v) is 13.7. The van der Waals surface area contributed by atoms with Crippen molar-refractivity contribution < 1.29 is 0 Å². The molecule has 0 spiro atoms. The minimum atomic E-state index is 0.690. The molecule has 0 unspecified atom stereocenters. The van der Waals surface area contributed by atoms with Crippen molar-refractivity contribution in [1.82, 2.24) is 0 Å². The van der Waals surface area contributed by atoms with Crippen LogP contribution in [0.1, 0.15) is 11.1 Å². The number of hydrogen-bond acceptors (Lipinski definition) is 1. The van der Waals surface area contributed by atoms with Gasteiger partial charge in [0.25, 0.3) is 0 Å². The molecule has 0 atom stereocenters. The van der Waals surface area contributed by atoms with Crippen LogP contribution in [0, 0.1) is 0 Å². The fourth-order valence-corrected chi connectivity index (χ4v) is 3.40. The van der Waals surface area contributed by atoms with E-state index in [0.29, 0.717) is 10.0 Å². The maximum Gasteiger partial charge on any atom is 0.0721 e. The van der Waals surface area contributed by atoms with Crippen LogP contribution in [0.15, 0.2) is 66.7 Å². The molecule has 4 rings (SSSR count). The van der Waals surface area contributed by atoms with Crippen LogP contribution >= 0.6 is 23.2 Å². The smallest absolute Gasteiger partial charge is 0.0721 e. The summed E-state index contributed by atoms with van der Waals surface area (Å²) in [6.45, 7) is 0. The van der Waals surface area contributed by atoms with Gasteiger partial charge in [-0.3, -0.25) is 0 Å². The van der Waals surface area contributed by atoms with Crippen molar-refractivity contribution in [2.45, 2.75) is 0 Å². The Balaban J connectivity index is 2.08. The molecule has 0 bridgehead atoms. The Labute approximate surface area is 145 Å². The molecule has 0 saturated carbocycles. The average molecular weight is 338 g/mol. The summed E-state index contributed by atoms with van der Waals surface area (Å²) >= 11 is 13.1. The molecular weight excluding hydrogens is 325 g/mol. The Hall–Kier alpha value is -2.22. The van der Waals surface area contributed by atoms with Crippen molar-refractivity contribution in [3.63, 3.8) is 0 Å². The van der Waals surface area contributed by atoms with E-state index in [4.69, 9.17) is 23.2 Å². The zero-order valence-electron chi connectivity index (χ0n) is 12.2. The summed E-state index contributed by atoms with van der Waals surface area (Å²) in [4.78, 5) is 2.13. The molecule has 0 radical (unpaired) electrons. The highest BCUT2D eigenvalue weighted by molar-refractivity contribution is 6.35. The van der Waals surface area contributed by atoms with Crippen LogP contribution in [-0.2, 0) is 0 Å². The van der Waals surface area contributed by atoms with E-state index in [2.05, 4.69) is 35.3 Å². The Bertz CT molecular complexity index is 915. The Morgan fingerprint density at radius 1 is 0.565 bits per heavy atom. The van der Waals surface area contributed by atoms with Crippen LogP contribution in [0.2, 0.25) is 10.0 Å². The van der Waals surface area contributed by atoms with Crippen LogP contribution < -0.4 is 4.90 Å². The lowest BCUT2D eigenvalue weighted by Gasteiger charge is -2.28. The topological polar surface area (TPSA) is 3.24 Å². The van der Waals surface area contributed by atoms with E-state index < -0.39 is 0 Å². The summed E-state index contributed by atoms with van der Waals surface area (Å²) in [7, 11) is 0. The van der Waals surface area contributed by atoms with E-state index in [1.807, 2.05) is 48.5 Å². The maximum absolute atomic E-state index is 6.56. The van der Waals surface area contributed by atoms with Gasteiger partial charge in [0.2, 0.25) is 0 Å². The van der Waals surface area contributed by atoms with Gasteiger partial charge in [0.1, 0.15) is 0 Å². The molecule has 3 heteroatoms. The van der Waals surface area contributed by atoms with Crippen LogP contribution in [-0.4, -0.2) is 0 Å². The Kier molecular flexibility index (Phi) is 3.60. The van der Waals surface area contributed by atoms with E-state index in [1.165, 1.54) is 0 Å². The highest BCUT2D eigenvalue weighted by Gasteiger charge is 2.23. The molecule has 0 saturated heterocycles. The van der Waals surface area contributed by atoms with Gasteiger partial charge in [-0.15, -0.1) is 0 Å². The third-order valence-electron chi connectivity index (χ3n) is 3.96. The minimum Gasteiger partial charge on any atom is -0.306 e. The lowest BCUT2D eigenvalue weighted by molar-refractivity contribution is 1.28. The molecule has 0 amide bonds. The van der Waals surface area contributed by atoms with Gasteiger partial charge in [-0.25, -0.2) is 0 Å². The quantitative estimate of drug-likeness (QED) is 0.363. The van der Waals surface area contributed by atoms with E-state index >= 15 is 0 Å². The molecule has 0 aromatic heterocycles. The molecule has 1 aliphatic heterocycles. The molecular formula is C20H13Cl2N. The molecule has 1 nitrogen and oxygen atoms in total. The van der Waals surface area contributed by atoms with Crippen LogP contribution in [0.5, 0.6) is 0 Å². The van der Waals surface area contributed by atoms with Crippen LogP contribution in [0.25, 0.3) is 12.2 Å². The lowest BCUT2D eigenvalue weighted by Crippen LogP contribution is -2.12. The van der Waals surface area contributed by atoms with E-state index in [0.717, 1.165) is 28.2 Å². The second-order valence-corrected chi connectivity index (χ2v) is 6.17. The first-order valence-electron chi connectivity index (χ1n) is 7.36. The highest BCUT2D eigenvalue weighted by Crippen LogP contribution is 2.46. The van der Waals surface area contributed by atoms with Crippen molar-refractivity contribution in [3.05, 3.63) is 87.9 Å². The fourth-order valence-electron chi connectivity index (χ4n) is 2.92. The molecule has 3 aromatic carbocycles. The zero-order chi connectivity index (χ0) is 15.8. The summed E-state index contributed by atoms with van der Waals surface area (Å²) in [6, 6.07) is 22.0. The Morgan fingerprint density at radius 2 is 1.17 bits per heavy atom. The normalized spacial score (nSPS) is 12.5. The van der Waals surface area contributed by atoms with Gasteiger partial charge in [0.15, 0.2) is 0 Å². The van der Waals surface area contributed by atoms with Crippen molar-refractivity contribution in [2.75, 3.05) is 4.90 Å². The molecule has 0 N–H and O–H groups in total. The van der Waals surface area contributed by atoms with Crippen molar-refractivity contribution in [1.29, 1.82) is 0 Å². The number of hydrogen-bond donors (Lipinski definition) is 0. The van der Waals surface area contributed by atoms with Gasteiger partial charge in [-0.2, -0.15) is 0 Å². The molecule has 112 valence electrons. The largest absolute Gasteiger partial charge is 0.306 e. The first-order valence-corrected chi connectivity index (χ1v) is 8.11. The molecule has 0 fully saturated rings. The molecule has 3 aromatic rings. The number of para-hydroxylation sites is 3. The number of nitrogens with zero attached hydrogens (tertiary/aromatic N) is 1. The highest BCUT2D eigenvalue weighted by atomic mass is 35.5. The number of halogens is 2. The summed E-state index contributed by atoms with van der Waals surface area (Å²) in [5.74, 6) is 0. The number of benzene rings is 3. The van der Waals surface area contributed by atoms with Crippen molar-refractivity contribution >= 4 is 52.4 Å². The monoisotopic (exact) mass is 337 g/mol. The Morgan fingerprint density at radius 3 is 2.00 bits per heavy atom. The molecule has 23 heavy (non-hydrogen) atoms. The summed E-state index contributed by atoms with van der Waals surface area (Å²) < 4.78 is 0. The average Bonchev–Trinajstić information content (AvgIpc) is 2.74. The standard InChI is InChI=1S/C20H13Cl2N/c21-16-8-2-4-11-19(16)23-18-10-3-1-6-14(18)12-13-15-7-5-9-17(22)20(15)23/h1-13H. The second-order valence-electron chi connectivity index (χ2n) is 5.36. The third kappa shape index (κ3) is 2.42. The number of rotatable bonds is 1. The predicted molar refractivity (Wildman–Crippen MR) is 100 cm³/mol. The first-order chi connectivity index (χ1) is 11.3. The summed E-state index contributed by atoms with van der Waals surface area (Å²) in [6.07, 6.45) is 4.21. The lowest BCUT2D eigenvalue weighted by atomic mass is 10.1. The van der Waals surface area contributed by atoms with E-state index in [1.54, 1.807) is 0 Å². The van der Waals surface area contributed by atoms with Crippen LogP contribution in [0.4, 0.5) is 17.1 Å². The van der Waals surface area contributed by atoms with E-state index in [-0.39, 0.29) is 0 Å². The third-order valence-corrected chi connectivity index (χ3v) is 4.58. The van der Waals surface area contributed by atoms with Gasteiger partial charge in [-0.05, 0) is 29.8 Å². The fraction of sp³-hybridized carbons (Fsp3) is 0. The predicted octanol–water partition coefficient (Wildman–Crippen LogP) is 6.95. The van der Waals surface area contributed by atoms with Gasteiger partial charge in [0.05, 0.1) is 27.1 Å². The SMILES string of the molecule is Clc1ccccc1N1c2ccccc2C=Cc2cccc(Cl)c21. The van der Waals surface area contributed by atoms with Gasteiger partial charge < -0.3 is 4.90 Å². The van der Waals surface area contributed by atoms with Gasteiger partial charge in [0, 0.05) is 5.56 Å². The second kappa shape index (κ2) is 5.77.